The summed E-state index contributed by atoms with van der Waals surface area (Å²) in [5, 5.41) is 20.4. The topological polar surface area (TPSA) is 89.7 Å². The highest BCUT2D eigenvalue weighted by Gasteiger charge is 2.25. The van der Waals surface area contributed by atoms with Crippen molar-refractivity contribution in [2.45, 2.75) is 32.6 Å². The second kappa shape index (κ2) is 7.07. The molecule has 1 heterocycles. The number of ether oxygens (including phenoxy) is 1. The van der Waals surface area contributed by atoms with Crippen molar-refractivity contribution in [2.24, 2.45) is 5.92 Å². The summed E-state index contributed by atoms with van der Waals surface area (Å²) in [4.78, 5) is 21.9. The molecule has 1 aromatic carbocycles. The highest BCUT2D eigenvalue weighted by atomic mass is 35.5. The number of rotatable bonds is 5. The average molecular weight is 328 g/mol. The summed E-state index contributed by atoms with van der Waals surface area (Å²) in [6.45, 7) is 3.09. The molecule has 0 spiro atoms. The van der Waals surface area contributed by atoms with Crippen molar-refractivity contribution in [1.82, 2.24) is 0 Å². The number of nitrogens with zero attached hydrogens (tertiary/aromatic N) is 1. The Hall–Kier alpha value is -1.66. The predicted molar refractivity (Wildman–Crippen MR) is 81.7 cm³/mol. The highest BCUT2D eigenvalue weighted by Crippen LogP contribution is 2.34. The molecule has 1 fully saturated rings. The summed E-state index contributed by atoms with van der Waals surface area (Å²) in [7, 11) is 0. The molecule has 0 aliphatic carbocycles. The van der Waals surface area contributed by atoms with Crippen molar-refractivity contribution in [3.05, 3.63) is 37.9 Å². The van der Waals surface area contributed by atoms with Gasteiger partial charge in [0, 0.05) is 24.8 Å². The number of benzene rings is 1. The molecular formula is C15H18ClNO5. The summed E-state index contributed by atoms with van der Waals surface area (Å²) >= 11 is 6.07. The van der Waals surface area contributed by atoms with Gasteiger partial charge >= 0.3 is 5.97 Å². The van der Waals surface area contributed by atoms with Crippen LogP contribution in [-0.4, -0.2) is 29.2 Å². The van der Waals surface area contributed by atoms with E-state index in [0.29, 0.717) is 23.5 Å². The van der Waals surface area contributed by atoms with Crippen LogP contribution in [0.25, 0.3) is 0 Å². The molecule has 1 N–H and O–H groups in total. The maximum absolute atomic E-state index is 11.3. The molecule has 1 saturated heterocycles. The van der Waals surface area contributed by atoms with Crippen LogP contribution in [0.15, 0.2) is 6.07 Å². The molecule has 0 unspecified atom stereocenters. The standard InChI is InChI=1S/C15H18ClNO5/c1-9-11(3-2-10-4-6-22-7-5-10)13(17(20)21)8-12(14(9)16)15(18)19/h8,10H,2-7H2,1H3,(H,18,19). The van der Waals surface area contributed by atoms with Gasteiger partial charge in [-0.2, -0.15) is 0 Å². The SMILES string of the molecule is Cc1c(Cl)c(C(=O)O)cc([N+](=O)[O-])c1CCC1CCOCC1. The van der Waals surface area contributed by atoms with Crippen LogP contribution in [0.3, 0.4) is 0 Å². The molecule has 1 aliphatic heterocycles. The minimum Gasteiger partial charge on any atom is -0.478 e. The van der Waals surface area contributed by atoms with Gasteiger partial charge in [-0.15, -0.1) is 0 Å². The number of nitro groups is 1. The van der Waals surface area contributed by atoms with Gasteiger partial charge in [-0.1, -0.05) is 11.6 Å². The number of halogens is 1. The Kier molecular flexibility index (Phi) is 5.37. The lowest BCUT2D eigenvalue weighted by Crippen LogP contribution is -2.16. The van der Waals surface area contributed by atoms with Crippen molar-refractivity contribution < 1.29 is 19.6 Å². The number of carbonyl (C=O) groups is 1. The average Bonchev–Trinajstić information content (AvgIpc) is 2.49. The number of nitro benzene ring substituents is 1. The molecule has 0 radical (unpaired) electrons. The summed E-state index contributed by atoms with van der Waals surface area (Å²) in [6, 6.07) is 1.07. The van der Waals surface area contributed by atoms with Gasteiger partial charge in [0.2, 0.25) is 0 Å². The molecule has 0 aromatic heterocycles. The fraction of sp³-hybridized carbons (Fsp3) is 0.533. The Bertz CT molecular complexity index is 596. The Balaban J connectivity index is 2.30. The van der Waals surface area contributed by atoms with Crippen LogP contribution in [0.4, 0.5) is 5.69 Å². The molecule has 1 aliphatic rings. The van der Waals surface area contributed by atoms with Gasteiger partial charge in [0.05, 0.1) is 15.5 Å². The van der Waals surface area contributed by atoms with Crippen LogP contribution < -0.4 is 0 Å². The van der Waals surface area contributed by atoms with E-state index in [9.17, 15) is 14.9 Å². The number of carboxylic acid groups (broad SMARTS) is 1. The van der Waals surface area contributed by atoms with Crippen molar-refractivity contribution in [2.75, 3.05) is 13.2 Å². The Morgan fingerprint density at radius 2 is 2.14 bits per heavy atom. The molecule has 0 atom stereocenters. The predicted octanol–water partition coefficient (Wildman–Crippen LogP) is 3.61. The van der Waals surface area contributed by atoms with Gasteiger partial charge < -0.3 is 9.84 Å². The largest absolute Gasteiger partial charge is 0.478 e. The van der Waals surface area contributed by atoms with Crippen molar-refractivity contribution in [3.8, 4) is 0 Å². The van der Waals surface area contributed by atoms with Crippen LogP contribution in [0.2, 0.25) is 5.02 Å². The maximum atomic E-state index is 11.3. The first kappa shape index (κ1) is 16.7. The molecule has 2 rings (SSSR count). The molecule has 0 amide bonds. The van der Waals surface area contributed by atoms with Gasteiger partial charge in [0.25, 0.3) is 5.69 Å². The molecule has 7 heteroatoms. The van der Waals surface area contributed by atoms with E-state index in [0.717, 1.165) is 38.5 Å². The Morgan fingerprint density at radius 1 is 1.50 bits per heavy atom. The third kappa shape index (κ3) is 3.56. The monoisotopic (exact) mass is 327 g/mol. The van der Waals surface area contributed by atoms with Gasteiger partial charge in [-0.25, -0.2) is 4.79 Å². The van der Waals surface area contributed by atoms with Crippen molar-refractivity contribution in [3.63, 3.8) is 0 Å². The second-order valence-electron chi connectivity index (χ2n) is 5.52. The van der Waals surface area contributed by atoms with Crippen LogP contribution >= 0.6 is 11.6 Å². The fourth-order valence-electron chi connectivity index (χ4n) is 2.83. The van der Waals surface area contributed by atoms with Crippen LogP contribution in [0.1, 0.15) is 40.7 Å². The first-order valence-corrected chi connectivity index (χ1v) is 7.57. The van der Waals surface area contributed by atoms with E-state index in [4.69, 9.17) is 21.4 Å². The first-order chi connectivity index (χ1) is 10.4. The molecule has 22 heavy (non-hydrogen) atoms. The number of hydrogen-bond donors (Lipinski definition) is 1. The summed E-state index contributed by atoms with van der Waals surface area (Å²) < 4.78 is 5.30. The molecular weight excluding hydrogens is 310 g/mol. The molecule has 1 aromatic rings. The summed E-state index contributed by atoms with van der Waals surface area (Å²) in [5.41, 5.74) is 0.638. The zero-order valence-corrected chi connectivity index (χ0v) is 13.1. The van der Waals surface area contributed by atoms with E-state index in [1.165, 1.54) is 0 Å². The van der Waals surface area contributed by atoms with Crippen LogP contribution in [0, 0.1) is 23.0 Å². The smallest absolute Gasteiger partial charge is 0.337 e. The van der Waals surface area contributed by atoms with Gasteiger partial charge in [0.1, 0.15) is 0 Å². The highest BCUT2D eigenvalue weighted by molar-refractivity contribution is 6.34. The zero-order valence-electron chi connectivity index (χ0n) is 12.3. The lowest BCUT2D eigenvalue weighted by atomic mass is 9.90. The number of hydrogen-bond acceptors (Lipinski definition) is 4. The molecule has 120 valence electrons. The minimum absolute atomic E-state index is 0.0834. The van der Waals surface area contributed by atoms with Crippen LogP contribution in [-0.2, 0) is 11.2 Å². The normalized spacial score (nSPS) is 15.7. The minimum atomic E-state index is -1.26. The van der Waals surface area contributed by atoms with E-state index >= 15 is 0 Å². The number of carboxylic acids is 1. The first-order valence-electron chi connectivity index (χ1n) is 7.19. The van der Waals surface area contributed by atoms with Gasteiger partial charge in [-0.3, -0.25) is 10.1 Å². The summed E-state index contributed by atoms with van der Waals surface area (Å²) in [5.74, 6) is -0.780. The third-order valence-corrected chi connectivity index (χ3v) is 4.67. The Labute approximate surface area is 133 Å². The zero-order chi connectivity index (χ0) is 16.3. The molecule has 0 saturated carbocycles. The lowest BCUT2D eigenvalue weighted by Gasteiger charge is -2.22. The molecule has 6 nitrogen and oxygen atoms in total. The van der Waals surface area contributed by atoms with E-state index < -0.39 is 10.9 Å². The third-order valence-electron chi connectivity index (χ3n) is 4.18. The van der Waals surface area contributed by atoms with E-state index in [-0.39, 0.29) is 16.3 Å². The quantitative estimate of drug-likeness (QED) is 0.659. The maximum Gasteiger partial charge on any atom is 0.337 e. The van der Waals surface area contributed by atoms with Crippen molar-refractivity contribution >= 4 is 23.3 Å². The van der Waals surface area contributed by atoms with Crippen molar-refractivity contribution in [1.29, 1.82) is 0 Å². The lowest BCUT2D eigenvalue weighted by molar-refractivity contribution is -0.385. The summed E-state index contributed by atoms with van der Waals surface area (Å²) in [6.07, 6.45) is 3.24. The fourth-order valence-corrected chi connectivity index (χ4v) is 3.08. The van der Waals surface area contributed by atoms with Gasteiger partial charge in [-0.05, 0) is 44.1 Å². The Morgan fingerprint density at radius 3 is 2.68 bits per heavy atom. The molecule has 0 bridgehead atoms. The van der Waals surface area contributed by atoms with E-state index in [1.54, 1.807) is 6.92 Å². The van der Waals surface area contributed by atoms with Gasteiger partial charge in [0.15, 0.2) is 0 Å². The van der Waals surface area contributed by atoms with E-state index in [2.05, 4.69) is 0 Å². The van der Waals surface area contributed by atoms with Crippen LogP contribution in [0.5, 0.6) is 0 Å². The van der Waals surface area contributed by atoms with E-state index in [1.807, 2.05) is 0 Å². The number of aromatic carboxylic acids is 1. The second-order valence-corrected chi connectivity index (χ2v) is 5.90.